The third-order valence-electron chi connectivity index (χ3n) is 5.74. The number of ether oxygens (including phenoxy) is 3. The fourth-order valence-electron chi connectivity index (χ4n) is 5.61. The molecule has 4 rings (SSSR count). The Labute approximate surface area is 135 Å². The smallest absolute Gasteiger partial charge is 0.330 e. The van der Waals surface area contributed by atoms with Gasteiger partial charge in [0.15, 0.2) is 0 Å². The lowest BCUT2D eigenvalue weighted by Gasteiger charge is -2.63. The van der Waals surface area contributed by atoms with E-state index in [9.17, 15) is 14.4 Å². The first-order valence-corrected chi connectivity index (χ1v) is 7.85. The first-order chi connectivity index (χ1) is 10.8. The van der Waals surface area contributed by atoms with Crippen LogP contribution in [0.25, 0.3) is 0 Å². The van der Waals surface area contributed by atoms with Gasteiger partial charge in [-0.15, -0.1) is 0 Å². The number of rotatable bonds is 4. The maximum absolute atomic E-state index is 12.5. The average Bonchev–Trinajstić information content (AvgIpc) is 2.51. The molecule has 6 nitrogen and oxygen atoms in total. The third kappa shape index (κ3) is 2.26. The molecule has 0 spiro atoms. The van der Waals surface area contributed by atoms with Gasteiger partial charge < -0.3 is 14.2 Å². The van der Waals surface area contributed by atoms with E-state index in [0.717, 1.165) is 6.08 Å². The highest BCUT2D eigenvalue weighted by Gasteiger charge is 2.70. The molecule has 0 saturated heterocycles. The summed E-state index contributed by atoms with van der Waals surface area (Å²) in [6.07, 6.45) is 4.35. The molecule has 6 heteroatoms. The van der Waals surface area contributed by atoms with Crippen LogP contribution in [0.5, 0.6) is 0 Å². The lowest BCUT2D eigenvalue weighted by molar-refractivity contribution is -0.231. The summed E-state index contributed by atoms with van der Waals surface area (Å²) in [5, 5.41) is 0. The number of esters is 3. The molecule has 4 bridgehead atoms. The molecule has 0 N–H and O–H groups in total. The highest BCUT2D eigenvalue weighted by atomic mass is 16.6. The monoisotopic (exact) mass is 322 g/mol. The molecule has 2 unspecified atom stereocenters. The van der Waals surface area contributed by atoms with Crippen LogP contribution in [0, 0.1) is 16.7 Å². The van der Waals surface area contributed by atoms with E-state index in [1.54, 1.807) is 0 Å². The van der Waals surface area contributed by atoms with Crippen molar-refractivity contribution in [3.05, 3.63) is 12.7 Å². The second-order valence-electron chi connectivity index (χ2n) is 7.36. The van der Waals surface area contributed by atoms with Crippen molar-refractivity contribution in [1.82, 2.24) is 0 Å². The van der Waals surface area contributed by atoms with Crippen molar-refractivity contribution in [2.75, 3.05) is 14.2 Å². The molecular formula is C17H22O6. The van der Waals surface area contributed by atoms with Crippen molar-refractivity contribution in [2.24, 2.45) is 16.7 Å². The molecular weight excluding hydrogens is 300 g/mol. The quantitative estimate of drug-likeness (QED) is 0.446. The Bertz CT molecular complexity index is 548. The first-order valence-electron chi connectivity index (χ1n) is 7.85. The van der Waals surface area contributed by atoms with Crippen molar-refractivity contribution >= 4 is 17.9 Å². The van der Waals surface area contributed by atoms with Crippen LogP contribution >= 0.6 is 0 Å². The minimum absolute atomic E-state index is 0.141. The largest absolute Gasteiger partial charge is 0.469 e. The van der Waals surface area contributed by atoms with E-state index in [-0.39, 0.29) is 17.9 Å². The summed E-state index contributed by atoms with van der Waals surface area (Å²) in [6.45, 7) is 3.44. The van der Waals surface area contributed by atoms with Gasteiger partial charge in [-0.2, -0.15) is 0 Å². The van der Waals surface area contributed by atoms with Gasteiger partial charge in [-0.25, -0.2) is 4.79 Å². The Hall–Kier alpha value is -1.85. The van der Waals surface area contributed by atoms with Crippen molar-refractivity contribution in [2.45, 2.75) is 44.1 Å². The Morgan fingerprint density at radius 1 is 0.957 bits per heavy atom. The molecule has 0 radical (unpaired) electrons. The minimum Gasteiger partial charge on any atom is -0.469 e. The Morgan fingerprint density at radius 3 is 1.91 bits per heavy atom. The van der Waals surface area contributed by atoms with Crippen LogP contribution in [-0.4, -0.2) is 37.7 Å². The van der Waals surface area contributed by atoms with Crippen LogP contribution in [0.2, 0.25) is 0 Å². The summed E-state index contributed by atoms with van der Waals surface area (Å²) in [5.41, 5.74) is -2.36. The van der Waals surface area contributed by atoms with Gasteiger partial charge in [0, 0.05) is 18.9 Å². The van der Waals surface area contributed by atoms with E-state index in [0.29, 0.717) is 38.5 Å². The van der Waals surface area contributed by atoms with E-state index in [2.05, 4.69) is 6.58 Å². The van der Waals surface area contributed by atoms with E-state index in [4.69, 9.17) is 14.2 Å². The van der Waals surface area contributed by atoms with Crippen LogP contribution in [0.3, 0.4) is 0 Å². The summed E-state index contributed by atoms with van der Waals surface area (Å²) in [5.74, 6) is -1.03. The number of hydrogen-bond acceptors (Lipinski definition) is 6. The second-order valence-corrected chi connectivity index (χ2v) is 7.36. The molecule has 4 fully saturated rings. The van der Waals surface area contributed by atoms with E-state index >= 15 is 0 Å². The van der Waals surface area contributed by atoms with Crippen molar-refractivity contribution in [3.63, 3.8) is 0 Å². The van der Waals surface area contributed by atoms with Gasteiger partial charge in [-0.05, 0) is 31.6 Å². The maximum atomic E-state index is 12.5. The molecule has 0 aliphatic heterocycles. The lowest BCUT2D eigenvalue weighted by Crippen LogP contribution is -2.65. The van der Waals surface area contributed by atoms with Gasteiger partial charge in [0.1, 0.15) is 5.60 Å². The fraction of sp³-hybridized carbons (Fsp3) is 0.706. The van der Waals surface area contributed by atoms with E-state index in [1.165, 1.54) is 14.2 Å². The summed E-state index contributed by atoms with van der Waals surface area (Å²) >= 11 is 0. The van der Waals surface area contributed by atoms with E-state index < -0.39 is 22.4 Å². The normalized spacial score (nSPS) is 40.3. The number of carbonyl (C=O) groups is 3. The maximum Gasteiger partial charge on any atom is 0.330 e. The van der Waals surface area contributed by atoms with Gasteiger partial charge >= 0.3 is 17.9 Å². The molecule has 0 heterocycles. The number of methoxy groups -OCH3 is 2. The van der Waals surface area contributed by atoms with Crippen molar-refractivity contribution in [3.8, 4) is 0 Å². The Balaban J connectivity index is 2.04. The Kier molecular flexibility index (Phi) is 3.54. The predicted octanol–water partition coefficient (Wildman–Crippen LogP) is 1.77. The highest BCUT2D eigenvalue weighted by molar-refractivity contribution is 5.85. The van der Waals surface area contributed by atoms with Gasteiger partial charge in [0.25, 0.3) is 0 Å². The zero-order chi connectivity index (χ0) is 16.9. The van der Waals surface area contributed by atoms with Crippen LogP contribution in [0.15, 0.2) is 12.7 Å². The second kappa shape index (κ2) is 5.08. The third-order valence-corrected chi connectivity index (χ3v) is 5.74. The molecule has 4 saturated carbocycles. The summed E-state index contributed by atoms with van der Waals surface area (Å²) in [6, 6.07) is 0. The molecule has 4 aliphatic carbocycles. The van der Waals surface area contributed by atoms with E-state index in [1.807, 2.05) is 0 Å². The topological polar surface area (TPSA) is 78.9 Å². The molecule has 0 amide bonds. The molecule has 0 aromatic heterocycles. The molecule has 2 atom stereocenters. The van der Waals surface area contributed by atoms with Crippen LogP contribution < -0.4 is 0 Å². The SMILES string of the molecule is C=CC(=O)OC12CC3CC(C(=O)OC)(C1)CC(C(=O)OC)(C3)C2. The number of carbonyl (C=O) groups excluding carboxylic acids is 3. The summed E-state index contributed by atoms with van der Waals surface area (Å²) in [4.78, 5) is 36.8. The molecule has 126 valence electrons. The fourth-order valence-corrected chi connectivity index (χ4v) is 5.61. The van der Waals surface area contributed by atoms with Crippen LogP contribution in [0.1, 0.15) is 38.5 Å². The average molecular weight is 322 g/mol. The summed E-state index contributed by atoms with van der Waals surface area (Å²) < 4.78 is 15.7. The summed E-state index contributed by atoms with van der Waals surface area (Å²) in [7, 11) is 2.71. The van der Waals surface area contributed by atoms with Gasteiger partial charge in [-0.1, -0.05) is 6.58 Å². The molecule has 0 aromatic carbocycles. The predicted molar refractivity (Wildman–Crippen MR) is 79.1 cm³/mol. The van der Waals surface area contributed by atoms with Gasteiger partial charge in [0.05, 0.1) is 25.0 Å². The minimum atomic E-state index is -0.812. The highest BCUT2D eigenvalue weighted by Crippen LogP contribution is 2.68. The number of hydrogen-bond donors (Lipinski definition) is 0. The zero-order valence-corrected chi connectivity index (χ0v) is 13.6. The molecule has 4 aliphatic rings. The van der Waals surface area contributed by atoms with Crippen molar-refractivity contribution < 1.29 is 28.6 Å². The van der Waals surface area contributed by atoms with Crippen LogP contribution in [0.4, 0.5) is 0 Å². The van der Waals surface area contributed by atoms with Gasteiger partial charge in [-0.3, -0.25) is 9.59 Å². The first kappa shape index (κ1) is 16.0. The Morgan fingerprint density at radius 2 is 1.48 bits per heavy atom. The lowest BCUT2D eigenvalue weighted by atomic mass is 9.42. The zero-order valence-electron chi connectivity index (χ0n) is 13.6. The molecule has 0 aromatic rings. The van der Waals surface area contributed by atoms with Gasteiger partial charge in [0.2, 0.25) is 0 Å². The van der Waals surface area contributed by atoms with Crippen molar-refractivity contribution in [1.29, 1.82) is 0 Å². The van der Waals surface area contributed by atoms with Crippen LogP contribution in [-0.2, 0) is 28.6 Å². The molecule has 23 heavy (non-hydrogen) atoms. The standard InChI is InChI=1S/C17H22O6/c1-4-12(18)23-17-7-11-5-15(9-17,13(19)21-2)8-16(6-11,10-17)14(20)22-3/h4,11H,1,5-10H2,2-3H3.